The summed E-state index contributed by atoms with van der Waals surface area (Å²) in [5.41, 5.74) is 1.16. The van der Waals surface area contributed by atoms with Crippen molar-refractivity contribution in [2.45, 2.75) is 19.7 Å². The van der Waals surface area contributed by atoms with E-state index in [-0.39, 0.29) is 12.4 Å². The van der Waals surface area contributed by atoms with Gasteiger partial charge in [-0.3, -0.25) is 0 Å². The van der Waals surface area contributed by atoms with E-state index >= 15 is 0 Å². The molecule has 0 unspecified atom stereocenters. The van der Waals surface area contributed by atoms with Crippen molar-refractivity contribution in [1.29, 1.82) is 0 Å². The van der Waals surface area contributed by atoms with Gasteiger partial charge in [0, 0.05) is 25.5 Å². The Bertz CT molecular complexity index is 567. The zero-order valence-electron chi connectivity index (χ0n) is 9.88. The maximum Gasteiger partial charge on any atom is 0.146 e. The van der Waals surface area contributed by atoms with Gasteiger partial charge < -0.3 is 14.6 Å². The molecule has 0 aliphatic carbocycles. The van der Waals surface area contributed by atoms with Crippen molar-refractivity contribution < 1.29 is 9.50 Å². The SMILES string of the molecule is OCc1ccc(N2CCn3ccnc3C2)c(F)c1. The van der Waals surface area contributed by atoms with E-state index in [1.165, 1.54) is 6.07 Å². The third-order valence-electron chi connectivity index (χ3n) is 3.28. The summed E-state index contributed by atoms with van der Waals surface area (Å²) in [5, 5.41) is 8.97. The first kappa shape index (κ1) is 11.2. The van der Waals surface area contributed by atoms with Gasteiger partial charge in [0.2, 0.25) is 0 Å². The molecule has 1 aromatic heterocycles. The Morgan fingerprint density at radius 2 is 2.22 bits per heavy atom. The van der Waals surface area contributed by atoms with Gasteiger partial charge in [-0.1, -0.05) is 6.07 Å². The van der Waals surface area contributed by atoms with Crippen molar-refractivity contribution in [3.05, 3.63) is 47.8 Å². The van der Waals surface area contributed by atoms with Crippen LogP contribution < -0.4 is 4.90 Å². The van der Waals surface area contributed by atoms with Crippen molar-refractivity contribution in [1.82, 2.24) is 9.55 Å². The summed E-state index contributed by atoms with van der Waals surface area (Å²) < 4.78 is 16.0. The fourth-order valence-corrected chi connectivity index (χ4v) is 2.28. The van der Waals surface area contributed by atoms with E-state index in [2.05, 4.69) is 9.55 Å². The van der Waals surface area contributed by atoms with Gasteiger partial charge in [0.1, 0.15) is 11.6 Å². The molecule has 18 heavy (non-hydrogen) atoms. The molecule has 2 aromatic rings. The van der Waals surface area contributed by atoms with Crippen LogP contribution in [0.25, 0.3) is 0 Å². The second kappa shape index (κ2) is 4.42. The number of fused-ring (bicyclic) bond motifs is 1. The average molecular weight is 247 g/mol. The number of hydrogen-bond acceptors (Lipinski definition) is 3. The van der Waals surface area contributed by atoms with E-state index in [1.54, 1.807) is 18.3 Å². The van der Waals surface area contributed by atoms with E-state index in [9.17, 15) is 4.39 Å². The van der Waals surface area contributed by atoms with Crippen molar-refractivity contribution in [3.63, 3.8) is 0 Å². The molecular weight excluding hydrogens is 233 g/mol. The molecule has 0 spiro atoms. The van der Waals surface area contributed by atoms with Gasteiger partial charge in [0.15, 0.2) is 0 Å². The molecule has 0 saturated heterocycles. The van der Waals surface area contributed by atoms with Gasteiger partial charge in [-0.15, -0.1) is 0 Å². The molecule has 0 bridgehead atoms. The maximum atomic E-state index is 13.9. The molecule has 4 nitrogen and oxygen atoms in total. The van der Waals surface area contributed by atoms with Crippen LogP contribution in [0.15, 0.2) is 30.6 Å². The molecule has 5 heteroatoms. The van der Waals surface area contributed by atoms with Crippen LogP contribution in [0.4, 0.5) is 10.1 Å². The van der Waals surface area contributed by atoms with Gasteiger partial charge in [-0.25, -0.2) is 9.37 Å². The molecule has 1 N–H and O–H groups in total. The molecule has 1 aliphatic heterocycles. The third kappa shape index (κ3) is 1.86. The molecule has 0 atom stereocenters. The molecule has 0 radical (unpaired) electrons. The van der Waals surface area contributed by atoms with E-state index in [0.29, 0.717) is 17.8 Å². The summed E-state index contributed by atoms with van der Waals surface area (Å²) >= 11 is 0. The second-order valence-electron chi connectivity index (χ2n) is 4.40. The van der Waals surface area contributed by atoms with Gasteiger partial charge >= 0.3 is 0 Å². The van der Waals surface area contributed by atoms with Gasteiger partial charge in [-0.05, 0) is 17.7 Å². The zero-order chi connectivity index (χ0) is 12.5. The molecule has 2 heterocycles. The minimum absolute atomic E-state index is 0.137. The van der Waals surface area contributed by atoms with Crippen molar-refractivity contribution >= 4 is 5.69 Å². The summed E-state index contributed by atoms with van der Waals surface area (Å²) in [5.74, 6) is 0.661. The quantitative estimate of drug-likeness (QED) is 0.875. The third-order valence-corrected chi connectivity index (χ3v) is 3.28. The number of aliphatic hydroxyl groups excluding tert-OH is 1. The highest BCUT2D eigenvalue weighted by molar-refractivity contribution is 5.49. The van der Waals surface area contributed by atoms with Crippen molar-refractivity contribution in [2.75, 3.05) is 11.4 Å². The number of nitrogens with zero attached hydrogens (tertiary/aromatic N) is 3. The van der Waals surface area contributed by atoms with Crippen LogP contribution in [0.5, 0.6) is 0 Å². The summed E-state index contributed by atoms with van der Waals surface area (Å²) in [6, 6.07) is 4.86. The number of anilines is 1. The Balaban J connectivity index is 1.88. The topological polar surface area (TPSA) is 41.3 Å². The van der Waals surface area contributed by atoms with Crippen LogP contribution in [0.1, 0.15) is 11.4 Å². The number of aliphatic hydroxyl groups is 1. The molecule has 1 aromatic carbocycles. The molecule has 1 aliphatic rings. The number of hydrogen-bond donors (Lipinski definition) is 1. The Morgan fingerprint density at radius 1 is 1.33 bits per heavy atom. The predicted molar refractivity (Wildman–Crippen MR) is 65.6 cm³/mol. The summed E-state index contributed by atoms with van der Waals surface area (Å²) in [7, 11) is 0. The number of rotatable bonds is 2. The average Bonchev–Trinajstić information content (AvgIpc) is 2.85. The number of benzene rings is 1. The number of imidazole rings is 1. The maximum absolute atomic E-state index is 13.9. The van der Waals surface area contributed by atoms with E-state index in [0.717, 1.165) is 18.9 Å². The highest BCUT2D eigenvalue weighted by Crippen LogP contribution is 2.24. The molecule has 0 saturated carbocycles. The van der Waals surface area contributed by atoms with E-state index < -0.39 is 0 Å². The van der Waals surface area contributed by atoms with Crippen LogP contribution in [0, 0.1) is 5.82 Å². The first-order valence-corrected chi connectivity index (χ1v) is 5.92. The van der Waals surface area contributed by atoms with Crippen LogP contribution in [-0.4, -0.2) is 21.2 Å². The summed E-state index contributed by atoms with van der Waals surface area (Å²) in [6.45, 7) is 2.05. The number of aromatic nitrogens is 2. The lowest BCUT2D eigenvalue weighted by atomic mass is 10.2. The van der Waals surface area contributed by atoms with Crippen LogP contribution in [0.3, 0.4) is 0 Å². The monoisotopic (exact) mass is 247 g/mol. The Morgan fingerprint density at radius 3 is 3.00 bits per heavy atom. The fraction of sp³-hybridized carbons (Fsp3) is 0.308. The highest BCUT2D eigenvalue weighted by Gasteiger charge is 2.19. The lowest BCUT2D eigenvalue weighted by Crippen LogP contribution is -2.34. The summed E-state index contributed by atoms with van der Waals surface area (Å²) in [4.78, 5) is 6.23. The van der Waals surface area contributed by atoms with E-state index in [1.807, 2.05) is 11.1 Å². The first-order chi connectivity index (χ1) is 8.78. The smallest absolute Gasteiger partial charge is 0.146 e. The van der Waals surface area contributed by atoms with Gasteiger partial charge in [-0.2, -0.15) is 0 Å². The standard InChI is InChI=1S/C13H14FN3O/c14-11-7-10(9-18)1-2-12(11)17-6-5-16-4-3-15-13(16)8-17/h1-4,7,18H,5-6,8-9H2. The molecule has 94 valence electrons. The van der Waals surface area contributed by atoms with Gasteiger partial charge in [0.25, 0.3) is 0 Å². The van der Waals surface area contributed by atoms with Crippen LogP contribution in [-0.2, 0) is 19.7 Å². The lowest BCUT2D eigenvalue weighted by molar-refractivity contribution is 0.281. The highest BCUT2D eigenvalue weighted by atomic mass is 19.1. The first-order valence-electron chi connectivity index (χ1n) is 5.92. The molecular formula is C13H14FN3O. The Labute approximate surface area is 104 Å². The Kier molecular flexibility index (Phi) is 2.76. The molecule has 0 fully saturated rings. The molecule has 3 rings (SSSR count). The second-order valence-corrected chi connectivity index (χ2v) is 4.40. The van der Waals surface area contributed by atoms with Gasteiger partial charge in [0.05, 0.1) is 18.8 Å². The lowest BCUT2D eigenvalue weighted by Gasteiger charge is -2.29. The normalized spacial score (nSPS) is 14.7. The minimum Gasteiger partial charge on any atom is -0.392 e. The molecule has 0 amide bonds. The largest absolute Gasteiger partial charge is 0.392 e. The van der Waals surface area contributed by atoms with Crippen LogP contribution in [0.2, 0.25) is 0 Å². The van der Waals surface area contributed by atoms with Crippen LogP contribution >= 0.6 is 0 Å². The fourth-order valence-electron chi connectivity index (χ4n) is 2.28. The number of halogens is 1. The van der Waals surface area contributed by atoms with E-state index in [4.69, 9.17) is 5.11 Å². The summed E-state index contributed by atoms with van der Waals surface area (Å²) in [6.07, 6.45) is 3.71. The Hall–Kier alpha value is -1.88. The van der Waals surface area contributed by atoms with Crippen molar-refractivity contribution in [2.24, 2.45) is 0 Å². The zero-order valence-corrected chi connectivity index (χ0v) is 9.88. The van der Waals surface area contributed by atoms with Crippen molar-refractivity contribution in [3.8, 4) is 0 Å². The predicted octanol–water partition coefficient (Wildman–Crippen LogP) is 1.53. The minimum atomic E-state index is -0.290.